The van der Waals surface area contributed by atoms with Gasteiger partial charge in [0, 0.05) is 0 Å². The zero-order chi connectivity index (χ0) is 14.8. The quantitative estimate of drug-likeness (QED) is 0.776. The van der Waals surface area contributed by atoms with Crippen LogP contribution in [0.2, 0.25) is 0 Å². The Kier molecular flexibility index (Phi) is 4.32. The number of hydrogen-bond donors (Lipinski definition) is 0. The van der Waals surface area contributed by atoms with Crippen LogP contribution >= 0.6 is 0 Å². The molecule has 0 heterocycles. The van der Waals surface area contributed by atoms with E-state index in [0.717, 1.165) is 17.4 Å². The molecule has 0 N–H and O–H groups in total. The van der Waals surface area contributed by atoms with Gasteiger partial charge in [-0.05, 0) is 48.3 Å². The topological polar surface area (TPSA) is 26.3 Å². The minimum atomic E-state index is -0.158. The highest BCUT2D eigenvalue weighted by atomic mass is 16.5. The Labute approximate surface area is 127 Å². The first kappa shape index (κ1) is 14.6. The van der Waals surface area contributed by atoms with Gasteiger partial charge in [0.25, 0.3) is 0 Å². The van der Waals surface area contributed by atoms with Crippen molar-refractivity contribution in [3.05, 3.63) is 34.9 Å². The van der Waals surface area contributed by atoms with E-state index in [0.29, 0.717) is 0 Å². The summed E-state index contributed by atoms with van der Waals surface area (Å²) in [6.45, 7) is 1.93. The molecule has 0 aliphatic heterocycles. The Hall–Kier alpha value is -1.31. The molecule has 0 unspecified atom stereocenters. The van der Waals surface area contributed by atoms with Crippen molar-refractivity contribution in [2.45, 2.75) is 57.8 Å². The first-order chi connectivity index (χ1) is 10.2. The van der Waals surface area contributed by atoms with Gasteiger partial charge in [0.1, 0.15) is 0 Å². The van der Waals surface area contributed by atoms with E-state index in [1.165, 1.54) is 63.2 Å². The molecule has 0 spiro atoms. The van der Waals surface area contributed by atoms with Crippen LogP contribution in [0.3, 0.4) is 0 Å². The van der Waals surface area contributed by atoms with Gasteiger partial charge >= 0.3 is 5.97 Å². The van der Waals surface area contributed by atoms with Crippen LogP contribution in [0.25, 0.3) is 0 Å². The second kappa shape index (κ2) is 6.21. The molecular weight excluding hydrogens is 260 g/mol. The first-order valence-electron chi connectivity index (χ1n) is 8.38. The Bertz CT molecular complexity index is 514. The molecule has 2 aliphatic carbocycles. The van der Waals surface area contributed by atoms with Crippen molar-refractivity contribution < 1.29 is 9.53 Å². The molecule has 1 aromatic carbocycles. The summed E-state index contributed by atoms with van der Waals surface area (Å²) in [7, 11) is 1.46. The number of carbonyl (C=O) groups is 1. The van der Waals surface area contributed by atoms with Gasteiger partial charge in [-0.2, -0.15) is 0 Å². The number of fused-ring (bicyclic) bond motifs is 1. The molecule has 2 nitrogen and oxygen atoms in total. The second-order valence-electron chi connectivity index (χ2n) is 6.84. The van der Waals surface area contributed by atoms with E-state index in [2.05, 4.69) is 18.2 Å². The number of rotatable bonds is 3. The summed E-state index contributed by atoms with van der Waals surface area (Å²) in [4.78, 5) is 11.7. The van der Waals surface area contributed by atoms with E-state index in [-0.39, 0.29) is 11.9 Å². The number of carbonyl (C=O) groups excluding carboxylic acids is 1. The van der Waals surface area contributed by atoms with Crippen molar-refractivity contribution >= 4 is 5.97 Å². The van der Waals surface area contributed by atoms with Crippen molar-refractivity contribution in [3.8, 4) is 0 Å². The van der Waals surface area contributed by atoms with E-state index in [1.807, 2.05) is 6.92 Å². The van der Waals surface area contributed by atoms with Gasteiger partial charge in [0.15, 0.2) is 0 Å². The van der Waals surface area contributed by atoms with Gasteiger partial charge in [0.05, 0.1) is 13.0 Å². The highest BCUT2D eigenvalue weighted by molar-refractivity contribution is 5.77. The van der Waals surface area contributed by atoms with Gasteiger partial charge in [-0.15, -0.1) is 0 Å². The summed E-state index contributed by atoms with van der Waals surface area (Å²) >= 11 is 0. The van der Waals surface area contributed by atoms with Gasteiger partial charge in [0.2, 0.25) is 0 Å². The molecule has 0 bridgehead atoms. The van der Waals surface area contributed by atoms with Crippen LogP contribution in [0, 0.1) is 11.8 Å². The number of esters is 1. The van der Waals surface area contributed by atoms with Crippen LogP contribution in [-0.2, 0) is 22.4 Å². The summed E-state index contributed by atoms with van der Waals surface area (Å²) in [5.41, 5.74) is 4.08. The van der Waals surface area contributed by atoms with E-state index < -0.39 is 0 Å². The molecule has 0 aromatic heterocycles. The first-order valence-corrected chi connectivity index (χ1v) is 8.38. The lowest BCUT2D eigenvalue weighted by Gasteiger charge is -2.27. The molecule has 2 heteroatoms. The molecule has 0 saturated heterocycles. The second-order valence-corrected chi connectivity index (χ2v) is 6.84. The Morgan fingerprint density at radius 1 is 1.10 bits per heavy atom. The van der Waals surface area contributed by atoms with E-state index in [4.69, 9.17) is 4.74 Å². The third-order valence-electron chi connectivity index (χ3n) is 5.57. The molecule has 2 aliphatic rings. The van der Waals surface area contributed by atoms with Crippen molar-refractivity contribution in [2.24, 2.45) is 11.8 Å². The summed E-state index contributed by atoms with van der Waals surface area (Å²) in [6, 6.07) is 6.61. The average molecular weight is 286 g/mol. The zero-order valence-corrected chi connectivity index (χ0v) is 13.2. The fourth-order valence-corrected chi connectivity index (χ4v) is 4.19. The van der Waals surface area contributed by atoms with E-state index >= 15 is 0 Å². The van der Waals surface area contributed by atoms with Gasteiger partial charge in [-0.1, -0.05) is 50.3 Å². The Morgan fingerprint density at radius 3 is 2.52 bits per heavy atom. The minimum absolute atomic E-state index is 0.142. The van der Waals surface area contributed by atoms with E-state index in [9.17, 15) is 4.79 Å². The monoisotopic (exact) mass is 286 g/mol. The molecule has 2 atom stereocenters. The van der Waals surface area contributed by atoms with E-state index in [1.54, 1.807) is 0 Å². The van der Waals surface area contributed by atoms with Crippen LogP contribution < -0.4 is 0 Å². The summed E-state index contributed by atoms with van der Waals surface area (Å²) in [5, 5.41) is 0. The highest BCUT2D eigenvalue weighted by Crippen LogP contribution is 2.39. The molecule has 1 saturated carbocycles. The third-order valence-corrected chi connectivity index (χ3v) is 5.57. The molecule has 21 heavy (non-hydrogen) atoms. The van der Waals surface area contributed by atoms with Gasteiger partial charge in [-0.25, -0.2) is 0 Å². The normalized spacial score (nSPS) is 23.6. The lowest BCUT2D eigenvalue weighted by Crippen LogP contribution is -2.18. The maximum Gasteiger partial charge on any atom is 0.312 e. The van der Waals surface area contributed by atoms with Crippen LogP contribution in [0.5, 0.6) is 0 Å². The Morgan fingerprint density at radius 2 is 1.81 bits per heavy atom. The number of benzene rings is 1. The number of hydrogen-bond acceptors (Lipinski definition) is 2. The fourth-order valence-electron chi connectivity index (χ4n) is 4.19. The lowest BCUT2D eigenvalue weighted by molar-refractivity contribution is -0.141. The molecule has 3 rings (SSSR count). The molecular formula is C19H26O2. The average Bonchev–Trinajstić information content (AvgIpc) is 2.97. The maximum atomic E-state index is 11.7. The fraction of sp³-hybridized carbons (Fsp3) is 0.632. The van der Waals surface area contributed by atoms with Crippen molar-refractivity contribution in [1.82, 2.24) is 0 Å². The van der Waals surface area contributed by atoms with Crippen molar-refractivity contribution in [2.75, 3.05) is 7.11 Å². The largest absolute Gasteiger partial charge is 0.469 e. The zero-order valence-electron chi connectivity index (χ0n) is 13.2. The van der Waals surface area contributed by atoms with Crippen LogP contribution in [-0.4, -0.2) is 13.1 Å². The number of methoxy groups -OCH3 is 1. The summed E-state index contributed by atoms with van der Waals surface area (Å²) < 4.78 is 4.86. The number of ether oxygens (including phenoxy) is 1. The molecule has 1 aromatic rings. The van der Waals surface area contributed by atoms with Crippen molar-refractivity contribution in [3.63, 3.8) is 0 Å². The molecule has 1 fully saturated rings. The SMILES string of the molecule is COC(=O)[C@H](C)c1ccc2c(c1)C[C@H](C1CCCCC1)C2. The van der Waals surface area contributed by atoms with Gasteiger partial charge < -0.3 is 4.74 Å². The molecule has 0 radical (unpaired) electrons. The smallest absolute Gasteiger partial charge is 0.312 e. The van der Waals surface area contributed by atoms with Crippen LogP contribution in [0.4, 0.5) is 0 Å². The molecule has 114 valence electrons. The summed E-state index contributed by atoms with van der Waals surface area (Å²) in [5.74, 6) is 1.46. The highest BCUT2D eigenvalue weighted by Gasteiger charge is 2.30. The van der Waals surface area contributed by atoms with Crippen LogP contribution in [0.15, 0.2) is 18.2 Å². The third kappa shape index (κ3) is 3.00. The maximum absolute atomic E-state index is 11.7. The van der Waals surface area contributed by atoms with Gasteiger partial charge in [-0.3, -0.25) is 4.79 Å². The minimum Gasteiger partial charge on any atom is -0.469 e. The lowest BCUT2D eigenvalue weighted by atomic mass is 9.79. The predicted molar refractivity (Wildman–Crippen MR) is 84.3 cm³/mol. The van der Waals surface area contributed by atoms with Crippen molar-refractivity contribution in [1.29, 1.82) is 0 Å². The standard InChI is InChI=1S/C19H26O2/c1-13(19(20)21-2)15-8-9-16-11-17(12-18(16)10-15)14-6-4-3-5-7-14/h8-10,13-14,17H,3-7,11-12H2,1-2H3/t13-,17-/m1/s1. The predicted octanol–water partition coefficient (Wildman–Crippen LogP) is 4.26. The Balaban J connectivity index is 1.73. The molecule has 0 amide bonds. The van der Waals surface area contributed by atoms with Crippen LogP contribution in [0.1, 0.15) is 61.6 Å². The summed E-state index contributed by atoms with van der Waals surface area (Å²) in [6.07, 6.45) is 9.56.